The number of nitrogens with one attached hydrogen (secondary N) is 1. The number of amides is 1. The van der Waals surface area contributed by atoms with Crippen LogP contribution in [0.15, 0.2) is 133 Å². The molecule has 6 heterocycles. The van der Waals surface area contributed by atoms with Gasteiger partial charge in [0.25, 0.3) is 5.91 Å². The van der Waals surface area contributed by atoms with E-state index in [9.17, 15) is 19.0 Å². The van der Waals surface area contributed by atoms with Crippen LogP contribution in [0, 0.1) is 25.3 Å². The number of ether oxygens (including phenoxy) is 5. The van der Waals surface area contributed by atoms with E-state index in [0.717, 1.165) is 28.0 Å². The number of carbonyl (C=O) groups excluding carboxylic acids is 1. The molecule has 2 N–H and O–H groups in total. The van der Waals surface area contributed by atoms with Crippen molar-refractivity contribution in [2.24, 2.45) is 11.8 Å². The Balaban J connectivity index is 0.986. The first-order chi connectivity index (χ1) is 38.7. The van der Waals surface area contributed by atoms with Crippen LogP contribution in [-0.4, -0.2) is 110 Å². The molecule has 22 nitrogen and oxygen atoms in total. The summed E-state index contributed by atoms with van der Waals surface area (Å²) in [5, 5.41) is 2.75. The minimum Gasteiger partial charge on any atom is -0.497 e. The van der Waals surface area contributed by atoms with Gasteiger partial charge in [-0.15, -0.1) is 9.42 Å². The number of rotatable bonds is 22. The Kier molecular flexibility index (Phi) is 17.3. The molecule has 0 bridgehead atoms. The van der Waals surface area contributed by atoms with Gasteiger partial charge in [-0.25, -0.2) is 31.5 Å². The van der Waals surface area contributed by atoms with Crippen LogP contribution in [0.5, 0.6) is 11.5 Å². The van der Waals surface area contributed by atoms with E-state index in [0.29, 0.717) is 33.9 Å². The molecule has 4 aromatic heterocycles. The molecule has 414 valence electrons. The Morgan fingerprint density at radius 2 is 1.44 bits per heavy atom. The van der Waals surface area contributed by atoms with Gasteiger partial charge >= 0.3 is 19.8 Å². The smallest absolute Gasteiger partial charge is 0.497 e. The van der Waals surface area contributed by atoms with Gasteiger partial charge in [0.15, 0.2) is 29.4 Å². The molecule has 4 aromatic carbocycles. The van der Waals surface area contributed by atoms with Gasteiger partial charge < -0.3 is 47.4 Å². The summed E-state index contributed by atoms with van der Waals surface area (Å²) in [6.45, 7) is 8.41. The Hall–Kier alpha value is -6.81. The summed E-state index contributed by atoms with van der Waals surface area (Å²) in [6.07, 6.45) is -1.84. The number of aromatic nitrogens is 7. The molecule has 2 saturated heterocycles. The fourth-order valence-electron chi connectivity index (χ4n) is 9.98. The van der Waals surface area contributed by atoms with Gasteiger partial charge in [0.2, 0.25) is 6.54 Å². The van der Waals surface area contributed by atoms with E-state index in [-0.39, 0.29) is 42.5 Å². The molecule has 0 radical (unpaired) electrons. The first-order valence-corrected chi connectivity index (χ1v) is 29.7. The Bertz CT molecular complexity index is 3600. The van der Waals surface area contributed by atoms with E-state index in [2.05, 4.69) is 35.1 Å². The average molecular weight is 1160 g/mol. The normalized spacial score (nSPS) is 22.0. The van der Waals surface area contributed by atoms with Crippen molar-refractivity contribution in [1.82, 2.24) is 34.1 Å². The lowest BCUT2D eigenvalue weighted by Crippen LogP contribution is -2.39. The van der Waals surface area contributed by atoms with Gasteiger partial charge in [-0.05, 0) is 71.8 Å². The number of aryl methyl sites for hydroxylation is 1. The molecule has 26 heteroatoms. The highest BCUT2D eigenvalue weighted by Gasteiger charge is 2.52. The fraction of sp³-hybridized carbons (Fsp3) is 0.333. The zero-order valence-corrected chi connectivity index (χ0v) is 47.1. The van der Waals surface area contributed by atoms with E-state index in [4.69, 9.17) is 60.2 Å². The molecule has 1 amide bonds. The summed E-state index contributed by atoms with van der Waals surface area (Å²) < 4.78 is 73.4. The number of thiazole rings is 1. The summed E-state index contributed by atoms with van der Waals surface area (Å²) >= 11 is 7.03. The van der Waals surface area contributed by atoms with Crippen LogP contribution in [0.1, 0.15) is 59.0 Å². The third-order valence-corrected chi connectivity index (χ3v) is 17.8. The van der Waals surface area contributed by atoms with Gasteiger partial charge in [-0.2, -0.15) is 0 Å². The number of carbonyl (C=O) groups is 1. The highest BCUT2D eigenvalue weighted by atomic mass is 32.5. The summed E-state index contributed by atoms with van der Waals surface area (Å²) in [5.74, 6) is -0.371. The molecule has 0 spiro atoms. The molecular weight excluding hydrogens is 1110 g/mol. The second kappa shape index (κ2) is 24.5. The zero-order chi connectivity index (χ0) is 56.1. The maximum atomic E-state index is 14.0. The standard InChI is InChI=1S/C54H53N9O13P2S2/c1-32-41(73-52(45(32)75-77(66)67)63-49-46(80-53(63)65)47(57-30-59-49)61-50(64)35-13-9-7-10-14-35)28-72-78(79,71-26-25-55-4)76-44-33(2)51(62-31-60-43-34(3)56-29-58-48(43)62)74-42(44)27-70-54(36-15-11-8-12-16-36,37-17-21-39(68-5)22-18-37)38-19-23-40(69-6)24-20-38/h7-24,29-33,41-42,44-45,51-52H,25-28H2,1-3,5-6H3,(H-,57,59,61,64,66,67)/p+1/t32-,33-,41-,42-,44+,45-,51-,52-,78?/m1/s1. The van der Waals surface area contributed by atoms with Crippen molar-refractivity contribution in [3.05, 3.63) is 177 Å². The second-order valence-electron chi connectivity index (χ2n) is 18.7. The van der Waals surface area contributed by atoms with Gasteiger partial charge in [0.05, 0.1) is 45.6 Å². The monoisotopic (exact) mass is 1160 g/mol. The molecular formula is C54H54N9O13P2S2+. The van der Waals surface area contributed by atoms with E-state index < -0.39 is 80.1 Å². The van der Waals surface area contributed by atoms with Crippen molar-refractivity contribution in [1.29, 1.82) is 0 Å². The minimum absolute atomic E-state index is 0.0728. The first kappa shape index (κ1) is 56.5. The first-order valence-electron chi connectivity index (χ1n) is 25.2. The number of hydrogen-bond donors (Lipinski definition) is 2. The number of benzene rings is 4. The van der Waals surface area contributed by atoms with Crippen molar-refractivity contribution < 1.29 is 56.0 Å². The van der Waals surface area contributed by atoms with Crippen LogP contribution in [0.25, 0.3) is 26.4 Å². The number of methoxy groups -OCH3 is 2. The van der Waals surface area contributed by atoms with Gasteiger partial charge in [0, 0.05) is 22.0 Å². The van der Waals surface area contributed by atoms with Crippen LogP contribution >= 0.6 is 26.3 Å². The summed E-state index contributed by atoms with van der Waals surface area (Å²) in [4.78, 5) is 62.5. The molecule has 0 aliphatic carbocycles. The maximum Gasteiger partial charge on any atom is 0.695 e. The lowest BCUT2D eigenvalue weighted by Gasteiger charge is -2.37. The lowest BCUT2D eigenvalue weighted by atomic mass is 9.80. The largest absolute Gasteiger partial charge is 0.695 e. The fourth-order valence-corrected chi connectivity index (χ4v) is 13.6. The molecule has 0 saturated carbocycles. The lowest BCUT2D eigenvalue weighted by molar-refractivity contribution is -0.0929. The van der Waals surface area contributed by atoms with E-state index in [1.54, 1.807) is 57.8 Å². The number of imidazole rings is 1. The molecule has 2 fully saturated rings. The minimum atomic E-state index is -3.97. The van der Waals surface area contributed by atoms with Crippen LogP contribution in [-0.2, 0) is 54.3 Å². The Morgan fingerprint density at radius 3 is 2.09 bits per heavy atom. The summed E-state index contributed by atoms with van der Waals surface area (Å²) in [6, 6.07) is 33.5. The van der Waals surface area contributed by atoms with E-state index in [1.807, 2.05) is 97.3 Å². The Labute approximate surface area is 469 Å². The highest BCUT2D eigenvalue weighted by molar-refractivity contribution is 8.07. The Morgan fingerprint density at radius 1 is 0.812 bits per heavy atom. The molecule has 2 aliphatic rings. The van der Waals surface area contributed by atoms with Crippen molar-refractivity contribution in [2.75, 3.05) is 45.9 Å². The molecule has 2 unspecified atom stereocenters. The number of nitrogens with zero attached hydrogens (tertiary/aromatic N) is 8. The predicted octanol–water partition coefficient (Wildman–Crippen LogP) is 8.94. The molecule has 10 atom stereocenters. The van der Waals surface area contributed by atoms with Crippen LogP contribution < -0.4 is 19.7 Å². The summed E-state index contributed by atoms with van der Waals surface area (Å²) in [5.41, 5.74) is 3.29. The number of hydrogen-bond acceptors (Lipinski definition) is 19. The van der Waals surface area contributed by atoms with E-state index in [1.165, 1.54) is 17.2 Å². The van der Waals surface area contributed by atoms with Crippen molar-refractivity contribution >= 4 is 71.4 Å². The molecule has 10 rings (SSSR count). The third-order valence-electron chi connectivity index (χ3n) is 14.0. The third kappa shape index (κ3) is 11.4. The van der Waals surface area contributed by atoms with Crippen molar-refractivity contribution in [3.8, 4) is 11.5 Å². The van der Waals surface area contributed by atoms with Gasteiger partial charge in [-0.1, -0.05) is 98.0 Å². The van der Waals surface area contributed by atoms with Gasteiger partial charge in [-0.3, -0.25) is 18.7 Å². The van der Waals surface area contributed by atoms with E-state index >= 15 is 0 Å². The predicted molar refractivity (Wildman–Crippen MR) is 298 cm³/mol. The van der Waals surface area contributed by atoms with Crippen molar-refractivity contribution in [2.45, 2.75) is 63.2 Å². The molecule has 8 aromatic rings. The SMILES string of the molecule is [C-]#[N+]CCOP(=S)(OC[C@H]1O[C@@H](n2c(=O)sc3c(NC(=O)c4ccccc4)ncnc32)[C@H](O[P+](=O)O)[C@@H]1C)O[C@H]1[C@@H](C)[C@H](n2cnc3c(C)ncnc32)O[C@@H]1COC(c1ccccc1)(c1ccc(OC)cc1)c1ccc(OC)cc1. The maximum absolute atomic E-state index is 14.0. The number of fused-ring (bicyclic) bond motifs is 2. The van der Waals surface area contributed by atoms with Crippen LogP contribution in [0.2, 0.25) is 0 Å². The second-order valence-corrected chi connectivity index (χ2v) is 23.3. The highest BCUT2D eigenvalue weighted by Crippen LogP contribution is 2.56. The van der Waals surface area contributed by atoms with Crippen LogP contribution in [0.3, 0.4) is 0 Å². The molecule has 80 heavy (non-hydrogen) atoms. The quantitative estimate of drug-likeness (QED) is 0.0278. The topological polar surface area (TPSA) is 245 Å². The van der Waals surface area contributed by atoms with Gasteiger partial charge in [0.1, 0.15) is 65.0 Å². The zero-order valence-electron chi connectivity index (χ0n) is 43.7. The van der Waals surface area contributed by atoms with Crippen molar-refractivity contribution in [3.63, 3.8) is 0 Å². The van der Waals surface area contributed by atoms with Crippen LogP contribution in [0.4, 0.5) is 5.82 Å². The average Bonchev–Trinajstić information content (AvgIpc) is 4.23. The summed E-state index contributed by atoms with van der Waals surface area (Å²) in [7, 11) is -0.0250. The molecule has 2 aliphatic heterocycles. The number of anilines is 1.